The first kappa shape index (κ1) is 29.6. The monoisotopic (exact) mass is 565 g/mol. The van der Waals surface area contributed by atoms with Gasteiger partial charge in [-0.3, -0.25) is 4.79 Å². The summed E-state index contributed by atoms with van der Waals surface area (Å²) in [5, 5.41) is 10.5. The molecular weight excluding hydrogens is 521 g/mol. The lowest BCUT2D eigenvalue weighted by molar-refractivity contribution is -0.160. The lowest BCUT2D eigenvalue weighted by atomic mass is 9.78. The lowest BCUT2D eigenvalue weighted by Gasteiger charge is -2.37. The summed E-state index contributed by atoms with van der Waals surface area (Å²) in [7, 11) is 0. The Morgan fingerprint density at radius 3 is 2.37 bits per heavy atom. The van der Waals surface area contributed by atoms with E-state index in [0.29, 0.717) is 55.0 Å². The summed E-state index contributed by atoms with van der Waals surface area (Å²) in [6.07, 6.45) is 6.22. The maximum Gasteiger partial charge on any atom is 0.337 e. The predicted octanol–water partition coefficient (Wildman–Crippen LogP) is 7.15. The van der Waals surface area contributed by atoms with Gasteiger partial charge in [-0.1, -0.05) is 19.3 Å². The maximum absolute atomic E-state index is 15.6. The summed E-state index contributed by atoms with van der Waals surface area (Å²) < 4.78 is 27.5. The number of carbonyl (C=O) groups excluding carboxylic acids is 1. The van der Waals surface area contributed by atoms with Crippen molar-refractivity contribution in [2.75, 3.05) is 13.2 Å². The molecule has 0 bridgehead atoms. The van der Waals surface area contributed by atoms with Crippen molar-refractivity contribution in [3.05, 3.63) is 50.8 Å². The summed E-state index contributed by atoms with van der Waals surface area (Å²) in [5.41, 5.74) is 6.85. The number of hydrogen-bond donors (Lipinski definition) is 1. The Balaban J connectivity index is 1.71. The fourth-order valence-electron chi connectivity index (χ4n) is 7.20. The molecule has 1 amide bonds. The standard InChI is InChI=1S/C34H44FNO5/c1-19-24-13-10-16-40-30(24)27(35)17-25(19)28-21(3)26-18-36(32(37)22-11-8-7-9-12-22)15-14-23(26)20(2)29(28)31(33(38)39)41-34(4,5)6/h17,22,31H,7-16,18H2,1-6H3,(H,38,39)/t31-/m1/s1. The van der Waals surface area contributed by atoms with Crippen molar-refractivity contribution in [2.45, 2.75) is 111 Å². The molecule has 0 radical (unpaired) electrons. The van der Waals surface area contributed by atoms with Crippen LogP contribution in [0.4, 0.5) is 4.39 Å². The molecule has 0 unspecified atom stereocenters. The Labute approximate surface area is 243 Å². The van der Waals surface area contributed by atoms with Crippen LogP contribution in [0, 0.1) is 32.5 Å². The van der Waals surface area contributed by atoms with Crippen molar-refractivity contribution >= 4 is 11.9 Å². The van der Waals surface area contributed by atoms with Gasteiger partial charge < -0.3 is 19.5 Å². The summed E-state index contributed by atoms with van der Waals surface area (Å²) in [6, 6.07) is 1.50. The largest absolute Gasteiger partial charge is 0.490 e. The number of hydrogen-bond acceptors (Lipinski definition) is 4. The van der Waals surface area contributed by atoms with Crippen molar-refractivity contribution in [1.82, 2.24) is 4.90 Å². The van der Waals surface area contributed by atoms with E-state index in [-0.39, 0.29) is 11.8 Å². The van der Waals surface area contributed by atoms with Gasteiger partial charge in [-0.25, -0.2) is 9.18 Å². The number of halogens is 1. The average molecular weight is 566 g/mol. The highest BCUT2D eigenvalue weighted by Gasteiger charge is 2.37. The minimum absolute atomic E-state index is 0.0824. The molecule has 3 aliphatic rings. The molecule has 6 nitrogen and oxygen atoms in total. The van der Waals surface area contributed by atoms with E-state index in [1.165, 1.54) is 12.5 Å². The topological polar surface area (TPSA) is 76.1 Å². The molecule has 222 valence electrons. The van der Waals surface area contributed by atoms with Crippen molar-refractivity contribution in [2.24, 2.45) is 5.92 Å². The lowest BCUT2D eigenvalue weighted by Crippen LogP contribution is -2.41. The van der Waals surface area contributed by atoms with Crippen LogP contribution in [0.3, 0.4) is 0 Å². The van der Waals surface area contributed by atoms with Gasteiger partial charge in [-0.2, -0.15) is 0 Å². The summed E-state index contributed by atoms with van der Waals surface area (Å²) in [6.45, 7) is 13.0. The van der Waals surface area contributed by atoms with Crippen molar-refractivity contribution in [3.8, 4) is 16.9 Å². The highest BCUT2D eigenvalue weighted by molar-refractivity contribution is 5.86. The van der Waals surface area contributed by atoms with Crippen LogP contribution in [0.15, 0.2) is 6.07 Å². The molecule has 41 heavy (non-hydrogen) atoms. The zero-order valence-electron chi connectivity index (χ0n) is 25.4. The van der Waals surface area contributed by atoms with Crippen molar-refractivity contribution in [3.63, 3.8) is 0 Å². The Bertz CT molecular complexity index is 1370. The van der Waals surface area contributed by atoms with E-state index in [9.17, 15) is 14.7 Å². The molecule has 2 aliphatic heterocycles. The molecular formula is C34H44FNO5. The number of amides is 1. The third-order valence-electron chi connectivity index (χ3n) is 9.23. The molecule has 2 heterocycles. The van der Waals surface area contributed by atoms with Crippen molar-refractivity contribution in [1.29, 1.82) is 0 Å². The van der Waals surface area contributed by atoms with Crippen LogP contribution in [0.5, 0.6) is 5.75 Å². The van der Waals surface area contributed by atoms with E-state index in [1.54, 1.807) is 0 Å². The molecule has 7 heteroatoms. The van der Waals surface area contributed by atoms with Gasteiger partial charge in [0.2, 0.25) is 5.91 Å². The number of nitrogens with zero attached hydrogens (tertiary/aromatic N) is 1. The second-order valence-electron chi connectivity index (χ2n) is 13.1. The number of rotatable bonds is 5. The van der Waals surface area contributed by atoms with Gasteiger partial charge in [0.05, 0.1) is 12.2 Å². The molecule has 1 fully saturated rings. The molecule has 0 spiro atoms. The molecule has 2 aromatic carbocycles. The average Bonchev–Trinajstić information content (AvgIpc) is 2.95. The minimum Gasteiger partial charge on any atom is -0.490 e. The smallest absolute Gasteiger partial charge is 0.337 e. The fraction of sp³-hybridized carbons (Fsp3) is 0.588. The zero-order chi connectivity index (χ0) is 29.6. The minimum atomic E-state index is -1.23. The van der Waals surface area contributed by atoms with Gasteiger partial charge in [0.15, 0.2) is 17.7 Å². The third kappa shape index (κ3) is 5.62. The summed E-state index contributed by atoms with van der Waals surface area (Å²) >= 11 is 0. The quantitative estimate of drug-likeness (QED) is 0.417. The number of aliphatic carboxylic acids is 1. The van der Waals surface area contributed by atoms with Crippen LogP contribution in [-0.4, -0.2) is 40.6 Å². The number of carboxylic acids is 1. The highest BCUT2D eigenvalue weighted by Crippen LogP contribution is 2.46. The third-order valence-corrected chi connectivity index (χ3v) is 9.23. The molecule has 1 atom stereocenters. The Morgan fingerprint density at radius 2 is 1.71 bits per heavy atom. The fourth-order valence-corrected chi connectivity index (χ4v) is 7.20. The zero-order valence-corrected chi connectivity index (χ0v) is 25.4. The Morgan fingerprint density at radius 1 is 1.00 bits per heavy atom. The van der Waals surface area contributed by atoms with Gasteiger partial charge in [0.25, 0.3) is 0 Å². The van der Waals surface area contributed by atoms with Crippen LogP contribution in [0.1, 0.15) is 104 Å². The molecule has 1 saturated carbocycles. The molecule has 0 saturated heterocycles. The number of fused-ring (bicyclic) bond motifs is 2. The van der Waals surface area contributed by atoms with E-state index in [1.807, 2.05) is 46.4 Å². The molecule has 1 N–H and O–H groups in total. The van der Waals surface area contributed by atoms with Crippen LogP contribution in [0.2, 0.25) is 0 Å². The predicted molar refractivity (Wildman–Crippen MR) is 157 cm³/mol. The number of carbonyl (C=O) groups is 2. The summed E-state index contributed by atoms with van der Waals surface area (Å²) in [5.74, 6) is -0.896. The second-order valence-corrected chi connectivity index (χ2v) is 13.1. The number of carboxylic acid groups (broad SMARTS) is 1. The molecule has 5 rings (SSSR count). The van der Waals surface area contributed by atoms with Gasteiger partial charge in [-0.05, 0) is 119 Å². The first-order chi connectivity index (χ1) is 19.4. The van der Waals surface area contributed by atoms with Gasteiger partial charge in [-0.15, -0.1) is 0 Å². The summed E-state index contributed by atoms with van der Waals surface area (Å²) in [4.78, 5) is 28.4. The van der Waals surface area contributed by atoms with Gasteiger partial charge in [0.1, 0.15) is 0 Å². The maximum atomic E-state index is 15.6. The van der Waals surface area contributed by atoms with E-state index in [0.717, 1.165) is 65.5 Å². The van der Waals surface area contributed by atoms with Crippen molar-refractivity contribution < 1.29 is 28.6 Å². The highest BCUT2D eigenvalue weighted by atomic mass is 19.1. The SMILES string of the molecule is Cc1c(-c2c(C)c3c(c(C)c2[C@@H](OC(C)(C)C)C(=O)O)CCN(C(=O)C2CCCCC2)C3)cc(F)c2c1CCCO2. The normalized spacial score (nSPS) is 18.4. The van der Waals surface area contributed by atoms with E-state index >= 15 is 4.39 Å². The first-order valence-electron chi connectivity index (χ1n) is 15.2. The molecule has 0 aromatic heterocycles. The number of ether oxygens (including phenoxy) is 2. The van der Waals surface area contributed by atoms with Crippen LogP contribution in [-0.2, 0) is 33.7 Å². The van der Waals surface area contributed by atoms with Crippen LogP contribution >= 0.6 is 0 Å². The molecule has 1 aliphatic carbocycles. The van der Waals surface area contributed by atoms with E-state index < -0.39 is 23.5 Å². The van der Waals surface area contributed by atoms with E-state index in [4.69, 9.17) is 9.47 Å². The van der Waals surface area contributed by atoms with Gasteiger partial charge >= 0.3 is 5.97 Å². The van der Waals surface area contributed by atoms with Crippen LogP contribution < -0.4 is 4.74 Å². The van der Waals surface area contributed by atoms with E-state index in [2.05, 4.69) is 0 Å². The molecule has 2 aromatic rings. The van der Waals surface area contributed by atoms with Crippen LogP contribution in [0.25, 0.3) is 11.1 Å². The Kier molecular flexibility index (Phi) is 8.21. The Hall–Kier alpha value is -2.93. The number of benzene rings is 2. The second kappa shape index (κ2) is 11.4. The van der Waals surface area contributed by atoms with Gasteiger partial charge in [0, 0.05) is 30.1 Å². The first-order valence-corrected chi connectivity index (χ1v) is 15.2.